The summed E-state index contributed by atoms with van der Waals surface area (Å²) in [6.07, 6.45) is 3.09. The van der Waals surface area contributed by atoms with Gasteiger partial charge in [0.1, 0.15) is 5.75 Å². The van der Waals surface area contributed by atoms with Gasteiger partial charge in [0.2, 0.25) is 0 Å². The summed E-state index contributed by atoms with van der Waals surface area (Å²) in [5, 5.41) is 0. The van der Waals surface area contributed by atoms with Crippen molar-refractivity contribution in [2.45, 2.75) is 38.0 Å². The average Bonchev–Trinajstić information content (AvgIpc) is 2.43. The van der Waals surface area contributed by atoms with Gasteiger partial charge < -0.3 is 10.5 Å². The van der Waals surface area contributed by atoms with E-state index < -0.39 is 10.8 Å². The van der Waals surface area contributed by atoms with Crippen LogP contribution >= 0.6 is 0 Å². The number of para-hydroxylation sites is 1. The van der Waals surface area contributed by atoms with E-state index in [1.54, 1.807) is 7.11 Å². The van der Waals surface area contributed by atoms with Crippen molar-refractivity contribution in [2.24, 2.45) is 11.1 Å². The van der Waals surface area contributed by atoms with Gasteiger partial charge in [-0.15, -0.1) is 0 Å². The number of methoxy groups -OCH3 is 1. The molecule has 1 aromatic carbocycles. The number of unbranched alkanes of at least 4 members (excludes halogenated alkanes) is 1. The van der Waals surface area contributed by atoms with Crippen LogP contribution in [0.4, 0.5) is 0 Å². The second kappa shape index (κ2) is 7.65. The SMILES string of the molecule is COc1ccccc1S(=O)CCCCC(C)(C)CN. The van der Waals surface area contributed by atoms with E-state index in [2.05, 4.69) is 13.8 Å². The van der Waals surface area contributed by atoms with Crippen LogP contribution in [0, 0.1) is 5.41 Å². The zero-order valence-corrected chi connectivity index (χ0v) is 13.0. The molecule has 1 rings (SSSR count). The van der Waals surface area contributed by atoms with E-state index in [9.17, 15) is 4.21 Å². The smallest absolute Gasteiger partial charge is 0.134 e. The maximum atomic E-state index is 12.2. The van der Waals surface area contributed by atoms with Gasteiger partial charge in [0.25, 0.3) is 0 Å². The van der Waals surface area contributed by atoms with E-state index >= 15 is 0 Å². The minimum Gasteiger partial charge on any atom is -0.495 e. The van der Waals surface area contributed by atoms with Gasteiger partial charge in [0.05, 0.1) is 22.8 Å². The number of benzene rings is 1. The monoisotopic (exact) mass is 283 g/mol. The van der Waals surface area contributed by atoms with E-state index in [1.165, 1.54) is 0 Å². The molecule has 0 aliphatic heterocycles. The first kappa shape index (κ1) is 16.2. The zero-order valence-electron chi connectivity index (χ0n) is 12.1. The van der Waals surface area contributed by atoms with Crippen LogP contribution in [0.1, 0.15) is 33.1 Å². The van der Waals surface area contributed by atoms with E-state index in [0.717, 1.165) is 24.2 Å². The first-order chi connectivity index (χ1) is 9.00. The van der Waals surface area contributed by atoms with Gasteiger partial charge in [0, 0.05) is 5.75 Å². The molecule has 3 nitrogen and oxygen atoms in total. The summed E-state index contributed by atoms with van der Waals surface area (Å²) in [5.74, 6) is 1.39. The molecule has 0 heterocycles. The van der Waals surface area contributed by atoms with Crippen LogP contribution in [0.25, 0.3) is 0 Å². The van der Waals surface area contributed by atoms with E-state index in [4.69, 9.17) is 10.5 Å². The molecule has 0 radical (unpaired) electrons. The fraction of sp³-hybridized carbons (Fsp3) is 0.600. The van der Waals surface area contributed by atoms with Crippen LogP contribution in [0.3, 0.4) is 0 Å². The molecule has 1 atom stereocenters. The molecule has 0 amide bonds. The molecule has 4 heteroatoms. The van der Waals surface area contributed by atoms with Crippen molar-refractivity contribution in [1.82, 2.24) is 0 Å². The number of nitrogens with two attached hydrogens (primary N) is 1. The second-order valence-corrected chi connectivity index (χ2v) is 7.07. The van der Waals surface area contributed by atoms with Gasteiger partial charge in [-0.1, -0.05) is 32.4 Å². The Morgan fingerprint density at radius 3 is 2.58 bits per heavy atom. The van der Waals surface area contributed by atoms with Crippen molar-refractivity contribution in [3.05, 3.63) is 24.3 Å². The molecule has 0 spiro atoms. The highest BCUT2D eigenvalue weighted by Crippen LogP contribution is 2.24. The van der Waals surface area contributed by atoms with Crippen LogP contribution in [0.15, 0.2) is 29.2 Å². The molecular formula is C15H25NO2S. The van der Waals surface area contributed by atoms with Crippen LogP contribution in [-0.4, -0.2) is 23.6 Å². The Labute approximate surface area is 119 Å². The summed E-state index contributed by atoms with van der Waals surface area (Å²) in [6, 6.07) is 7.51. The predicted molar refractivity (Wildman–Crippen MR) is 81.0 cm³/mol. The van der Waals surface area contributed by atoms with Crippen LogP contribution in [0.5, 0.6) is 5.75 Å². The lowest BCUT2D eigenvalue weighted by molar-refractivity contribution is 0.336. The summed E-state index contributed by atoms with van der Waals surface area (Å²) >= 11 is 0. The molecule has 0 aliphatic rings. The Morgan fingerprint density at radius 1 is 1.26 bits per heavy atom. The minimum absolute atomic E-state index is 0.186. The topological polar surface area (TPSA) is 52.3 Å². The summed E-state index contributed by atoms with van der Waals surface area (Å²) in [6.45, 7) is 5.04. The zero-order chi connectivity index (χ0) is 14.3. The normalized spacial score (nSPS) is 13.3. The first-order valence-corrected chi connectivity index (χ1v) is 8.03. The lowest BCUT2D eigenvalue weighted by Crippen LogP contribution is -2.23. The number of hydrogen-bond acceptors (Lipinski definition) is 3. The third-order valence-corrected chi connectivity index (χ3v) is 4.79. The maximum Gasteiger partial charge on any atom is 0.134 e. The Morgan fingerprint density at radius 2 is 1.95 bits per heavy atom. The Bertz CT molecular complexity index is 418. The van der Waals surface area contributed by atoms with Crippen molar-refractivity contribution in [1.29, 1.82) is 0 Å². The van der Waals surface area contributed by atoms with Crippen molar-refractivity contribution in [2.75, 3.05) is 19.4 Å². The highest BCUT2D eigenvalue weighted by molar-refractivity contribution is 7.85. The summed E-state index contributed by atoms with van der Waals surface area (Å²) in [7, 11) is 0.630. The highest BCUT2D eigenvalue weighted by atomic mass is 32.2. The predicted octanol–water partition coefficient (Wildman–Crippen LogP) is 2.96. The summed E-state index contributed by atoms with van der Waals surface area (Å²) < 4.78 is 17.5. The van der Waals surface area contributed by atoms with Gasteiger partial charge in [-0.05, 0) is 36.9 Å². The lowest BCUT2D eigenvalue weighted by atomic mass is 9.88. The molecule has 1 unspecified atom stereocenters. The number of hydrogen-bond donors (Lipinski definition) is 1. The van der Waals surface area contributed by atoms with Gasteiger partial charge in [-0.2, -0.15) is 0 Å². The third-order valence-electron chi connectivity index (χ3n) is 3.30. The van der Waals surface area contributed by atoms with Gasteiger partial charge in [-0.25, -0.2) is 0 Å². The van der Waals surface area contributed by atoms with E-state index in [-0.39, 0.29) is 5.41 Å². The van der Waals surface area contributed by atoms with Crippen LogP contribution < -0.4 is 10.5 Å². The first-order valence-electron chi connectivity index (χ1n) is 6.71. The summed E-state index contributed by atoms with van der Waals surface area (Å²) in [4.78, 5) is 0.795. The van der Waals surface area contributed by atoms with Gasteiger partial charge >= 0.3 is 0 Å². The third kappa shape index (κ3) is 5.33. The molecule has 0 saturated carbocycles. The molecule has 0 aliphatic carbocycles. The number of rotatable bonds is 8. The molecule has 2 N–H and O–H groups in total. The van der Waals surface area contributed by atoms with Crippen LogP contribution in [0.2, 0.25) is 0 Å². The van der Waals surface area contributed by atoms with Crippen LogP contribution in [-0.2, 0) is 10.8 Å². The average molecular weight is 283 g/mol. The molecule has 19 heavy (non-hydrogen) atoms. The quantitative estimate of drug-likeness (QED) is 0.746. The second-order valence-electron chi connectivity index (χ2n) is 5.53. The molecule has 108 valence electrons. The van der Waals surface area contributed by atoms with Crippen molar-refractivity contribution >= 4 is 10.8 Å². The van der Waals surface area contributed by atoms with Gasteiger partial charge in [0.15, 0.2) is 0 Å². The molecule has 0 saturated heterocycles. The summed E-state index contributed by atoms with van der Waals surface area (Å²) in [5.41, 5.74) is 5.89. The van der Waals surface area contributed by atoms with E-state index in [1.807, 2.05) is 24.3 Å². The van der Waals surface area contributed by atoms with Crippen molar-refractivity contribution in [3.8, 4) is 5.75 Å². The number of ether oxygens (including phenoxy) is 1. The largest absolute Gasteiger partial charge is 0.495 e. The fourth-order valence-electron chi connectivity index (χ4n) is 1.86. The molecule has 1 aromatic rings. The highest BCUT2D eigenvalue weighted by Gasteiger charge is 2.15. The maximum absolute atomic E-state index is 12.2. The Hall–Kier alpha value is -0.870. The Kier molecular flexibility index (Phi) is 6.52. The minimum atomic E-state index is -0.981. The molecular weight excluding hydrogens is 258 g/mol. The standard InChI is InChI=1S/C15H25NO2S/c1-15(2,12-16)10-6-7-11-19(17)14-9-5-4-8-13(14)18-3/h4-5,8-9H,6-7,10-12,16H2,1-3H3. The van der Waals surface area contributed by atoms with Crippen molar-refractivity contribution in [3.63, 3.8) is 0 Å². The molecule has 0 bridgehead atoms. The lowest BCUT2D eigenvalue weighted by Gasteiger charge is -2.21. The Balaban J connectivity index is 2.44. The van der Waals surface area contributed by atoms with Gasteiger partial charge in [-0.3, -0.25) is 4.21 Å². The molecule has 0 fully saturated rings. The van der Waals surface area contributed by atoms with E-state index in [0.29, 0.717) is 18.0 Å². The molecule has 0 aromatic heterocycles. The fourth-order valence-corrected chi connectivity index (χ4v) is 3.15. The van der Waals surface area contributed by atoms with Crippen molar-refractivity contribution < 1.29 is 8.95 Å².